The normalized spacial score (nSPS) is 16.6. The van der Waals surface area contributed by atoms with Crippen LogP contribution in [0.25, 0.3) is 0 Å². The molecule has 0 aromatic heterocycles. The van der Waals surface area contributed by atoms with Gasteiger partial charge in [-0.3, -0.25) is 4.79 Å². The summed E-state index contributed by atoms with van der Waals surface area (Å²) < 4.78 is 37.4. The quantitative estimate of drug-likeness (QED) is 0.0890. The average Bonchev–Trinajstić information content (AvgIpc) is 3.50. The van der Waals surface area contributed by atoms with Crippen LogP contribution in [0, 0.1) is 5.92 Å². The predicted molar refractivity (Wildman–Crippen MR) is 201 cm³/mol. The molecule has 3 aromatic carbocycles. The van der Waals surface area contributed by atoms with Crippen molar-refractivity contribution in [3.63, 3.8) is 0 Å². The maximum atomic E-state index is 14.1. The number of fused-ring (bicyclic) bond motifs is 1. The molecule has 5 unspecified atom stereocenters. The van der Waals surface area contributed by atoms with Crippen molar-refractivity contribution >= 4 is 12.0 Å². The number of hydrogen-bond donors (Lipinski definition) is 4. The Balaban J connectivity index is 1.42. The summed E-state index contributed by atoms with van der Waals surface area (Å²) in [5, 5.41) is 28.6. The molecule has 13 nitrogen and oxygen atoms in total. The molecule has 3 aromatic rings. The fourth-order valence-electron chi connectivity index (χ4n) is 6.23. The minimum atomic E-state index is -1.13. The van der Waals surface area contributed by atoms with E-state index < -0.39 is 36.3 Å². The second kappa shape index (κ2) is 24.4. The highest BCUT2D eigenvalue weighted by atomic mass is 16.6. The van der Waals surface area contributed by atoms with Gasteiger partial charge in [0.15, 0.2) is 0 Å². The van der Waals surface area contributed by atoms with Crippen LogP contribution in [-0.4, -0.2) is 121 Å². The van der Waals surface area contributed by atoms with Gasteiger partial charge in [-0.05, 0) is 53.6 Å². The van der Waals surface area contributed by atoms with Gasteiger partial charge in [-0.25, -0.2) is 4.79 Å². The molecular formula is C41H56N2O11. The molecule has 0 saturated heterocycles. The van der Waals surface area contributed by atoms with Gasteiger partial charge in [-0.2, -0.15) is 0 Å². The minimum absolute atomic E-state index is 0.00876. The van der Waals surface area contributed by atoms with Crippen molar-refractivity contribution < 1.29 is 53.0 Å². The number of benzene rings is 3. The first kappa shape index (κ1) is 42.7. The fourth-order valence-corrected chi connectivity index (χ4v) is 6.23. The summed E-state index contributed by atoms with van der Waals surface area (Å²) >= 11 is 0. The topological polar surface area (TPSA) is 163 Å². The molecule has 0 heterocycles. The molecule has 5 atom stereocenters. The molecule has 1 aliphatic rings. The second-order valence-electron chi connectivity index (χ2n) is 13.1. The largest absolute Gasteiger partial charge is 0.491 e. The van der Waals surface area contributed by atoms with Gasteiger partial charge >= 0.3 is 6.09 Å². The number of hydrogen-bond acceptors (Lipinski definition) is 11. The minimum Gasteiger partial charge on any atom is -0.491 e. The smallest absolute Gasteiger partial charge is 0.407 e. The Morgan fingerprint density at radius 3 is 2.00 bits per heavy atom. The van der Waals surface area contributed by atoms with Crippen molar-refractivity contribution in [2.45, 2.75) is 50.0 Å². The number of carbonyl (C=O) groups is 2. The Labute approximate surface area is 318 Å². The molecule has 54 heavy (non-hydrogen) atoms. The molecule has 2 amide bonds. The zero-order valence-electron chi connectivity index (χ0n) is 31.4. The Morgan fingerprint density at radius 2 is 1.31 bits per heavy atom. The van der Waals surface area contributed by atoms with Gasteiger partial charge in [0.2, 0.25) is 5.91 Å². The lowest BCUT2D eigenvalue weighted by Crippen LogP contribution is -2.47. The SMILES string of the molecule is COCCOCCOCCOC(=O)NC(Cc1ccccc1)C(O)CC(Cc1ccc(OCCOCCOC)cc1)C(=O)NC1c2ccccc2CC1O. The van der Waals surface area contributed by atoms with E-state index >= 15 is 0 Å². The molecular weight excluding hydrogens is 696 g/mol. The van der Waals surface area contributed by atoms with E-state index in [9.17, 15) is 19.8 Å². The van der Waals surface area contributed by atoms with Crippen molar-refractivity contribution in [2.24, 2.45) is 5.92 Å². The Bertz CT molecular complexity index is 1490. The van der Waals surface area contributed by atoms with Gasteiger partial charge in [0.05, 0.1) is 77.1 Å². The Morgan fingerprint density at radius 1 is 0.722 bits per heavy atom. The number of aliphatic hydroxyl groups excluding tert-OH is 2. The van der Waals surface area contributed by atoms with Gasteiger partial charge in [-0.1, -0.05) is 66.7 Å². The third-order valence-corrected chi connectivity index (χ3v) is 9.06. The fraction of sp³-hybridized carbons (Fsp3) is 0.512. The molecule has 1 aliphatic carbocycles. The van der Waals surface area contributed by atoms with Gasteiger partial charge in [0.25, 0.3) is 0 Å². The zero-order chi connectivity index (χ0) is 38.4. The van der Waals surface area contributed by atoms with E-state index in [1.54, 1.807) is 14.2 Å². The summed E-state index contributed by atoms with van der Waals surface area (Å²) in [6, 6.07) is 23.2. The van der Waals surface area contributed by atoms with Gasteiger partial charge in [-0.15, -0.1) is 0 Å². The third kappa shape index (κ3) is 15.0. The van der Waals surface area contributed by atoms with E-state index in [4.69, 9.17) is 33.2 Å². The summed E-state index contributed by atoms with van der Waals surface area (Å²) in [6.45, 7) is 3.69. The van der Waals surface area contributed by atoms with Gasteiger partial charge in [0.1, 0.15) is 19.0 Å². The molecule has 4 rings (SSSR count). The molecule has 0 spiro atoms. The van der Waals surface area contributed by atoms with Crippen LogP contribution in [0.3, 0.4) is 0 Å². The van der Waals surface area contributed by atoms with Crippen LogP contribution in [0.5, 0.6) is 5.75 Å². The maximum absolute atomic E-state index is 14.1. The summed E-state index contributed by atoms with van der Waals surface area (Å²) in [7, 11) is 3.22. The number of alkyl carbamates (subject to hydrolysis) is 1. The number of ether oxygens (including phenoxy) is 7. The summed E-state index contributed by atoms with van der Waals surface area (Å²) in [5.74, 6) is -0.364. The standard InChI is InChI=1S/C41H56N2O11/c1-48-16-18-50-20-21-52-23-25-54-41(47)42-36(27-30-8-4-3-5-9-30)37(44)29-33(40(46)43-39-35-11-7-6-10-32(35)28-38(39)45)26-31-12-14-34(15-13-31)53-24-22-51-19-17-49-2/h3-15,33,36-39,44-45H,16-29H2,1-2H3,(H,42,47)(H,43,46). The van der Waals surface area contributed by atoms with Crippen LogP contribution in [-0.2, 0) is 52.5 Å². The van der Waals surface area contributed by atoms with Crippen LogP contribution in [0.4, 0.5) is 4.79 Å². The van der Waals surface area contributed by atoms with Crippen LogP contribution >= 0.6 is 0 Å². The maximum Gasteiger partial charge on any atom is 0.407 e. The van der Waals surface area contributed by atoms with Gasteiger partial charge in [0, 0.05) is 26.6 Å². The number of carbonyl (C=O) groups excluding carboxylic acids is 2. The zero-order valence-corrected chi connectivity index (χ0v) is 31.4. The Hall–Kier alpha value is -4.08. The monoisotopic (exact) mass is 752 g/mol. The van der Waals surface area contributed by atoms with E-state index in [1.165, 1.54) is 0 Å². The Kier molecular flexibility index (Phi) is 19.2. The number of nitrogens with one attached hydrogen (secondary N) is 2. The van der Waals surface area contributed by atoms with Crippen molar-refractivity contribution in [1.29, 1.82) is 0 Å². The highest BCUT2D eigenvalue weighted by Crippen LogP contribution is 2.32. The molecule has 13 heteroatoms. The molecule has 0 bridgehead atoms. The molecule has 0 saturated carbocycles. The first-order valence-electron chi connectivity index (χ1n) is 18.5. The van der Waals surface area contributed by atoms with Crippen LogP contribution in [0.2, 0.25) is 0 Å². The first-order valence-corrected chi connectivity index (χ1v) is 18.5. The number of rotatable bonds is 26. The highest BCUT2D eigenvalue weighted by Gasteiger charge is 2.35. The average molecular weight is 753 g/mol. The summed E-state index contributed by atoms with van der Waals surface area (Å²) in [5.41, 5.74) is 3.61. The van der Waals surface area contributed by atoms with Crippen molar-refractivity contribution in [3.05, 3.63) is 101 Å². The summed E-state index contributed by atoms with van der Waals surface area (Å²) in [4.78, 5) is 27.0. The number of aliphatic hydroxyl groups is 2. The third-order valence-electron chi connectivity index (χ3n) is 9.06. The lowest BCUT2D eigenvalue weighted by molar-refractivity contribution is -0.127. The van der Waals surface area contributed by atoms with E-state index in [2.05, 4.69) is 10.6 Å². The van der Waals surface area contributed by atoms with Crippen LogP contribution < -0.4 is 15.4 Å². The van der Waals surface area contributed by atoms with Crippen LogP contribution in [0.15, 0.2) is 78.9 Å². The second-order valence-corrected chi connectivity index (χ2v) is 13.1. The van der Waals surface area contributed by atoms with Gasteiger partial charge < -0.3 is 54.0 Å². The number of methoxy groups -OCH3 is 2. The van der Waals surface area contributed by atoms with E-state index in [0.29, 0.717) is 77.9 Å². The lowest BCUT2D eigenvalue weighted by Gasteiger charge is -2.28. The van der Waals surface area contributed by atoms with Crippen molar-refractivity contribution in [3.8, 4) is 5.75 Å². The first-order chi connectivity index (χ1) is 26.4. The number of amides is 2. The van der Waals surface area contributed by atoms with E-state index in [-0.39, 0.29) is 25.5 Å². The lowest BCUT2D eigenvalue weighted by atomic mass is 9.88. The summed E-state index contributed by atoms with van der Waals surface area (Å²) in [6.07, 6.45) is -1.55. The predicted octanol–water partition coefficient (Wildman–Crippen LogP) is 3.43. The highest BCUT2D eigenvalue weighted by molar-refractivity contribution is 5.80. The molecule has 0 aliphatic heterocycles. The molecule has 0 fully saturated rings. The van der Waals surface area contributed by atoms with Crippen molar-refractivity contribution in [2.75, 3.05) is 80.3 Å². The molecule has 4 N–H and O–H groups in total. The van der Waals surface area contributed by atoms with Crippen LogP contribution in [0.1, 0.15) is 34.7 Å². The molecule has 0 radical (unpaired) electrons. The van der Waals surface area contributed by atoms with E-state index in [1.807, 2.05) is 78.9 Å². The molecule has 296 valence electrons. The van der Waals surface area contributed by atoms with E-state index in [0.717, 1.165) is 22.3 Å². The van der Waals surface area contributed by atoms with Crippen molar-refractivity contribution in [1.82, 2.24) is 10.6 Å².